The summed E-state index contributed by atoms with van der Waals surface area (Å²) in [5.41, 5.74) is 2.63. The maximum absolute atomic E-state index is 12.2. The Hall–Kier alpha value is -2.71. The largest absolute Gasteiger partial charge is 0.351 e. The molecule has 1 heterocycles. The smallest absolute Gasteiger partial charge is 0.257 e. The van der Waals surface area contributed by atoms with E-state index in [9.17, 15) is 9.59 Å². The highest BCUT2D eigenvalue weighted by atomic mass is 32.2. The van der Waals surface area contributed by atoms with Gasteiger partial charge in [-0.25, -0.2) is 0 Å². The van der Waals surface area contributed by atoms with E-state index in [-0.39, 0.29) is 17.6 Å². The summed E-state index contributed by atoms with van der Waals surface area (Å²) in [5, 5.41) is 14.0. The number of rotatable bonds is 7. The SMILES string of the molecule is Cc1cccc(C(=O)Nc2nnc(SCC(=O)NCc3ccccc3)s2)c1. The first-order chi connectivity index (χ1) is 13.1. The number of carbonyl (C=O) groups is 2. The molecule has 3 rings (SSSR count). The van der Waals surface area contributed by atoms with Gasteiger partial charge in [0.2, 0.25) is 11.0 Å². The zero-order valence-electron chi connectivity index (χ0n) is 14.6. The molecule has 0 aliphatic carbocycles. The first-order valence-electron chi connectivity index (χ1n) is 8.25. The molecular formula is C19H18N4O2S2. The number of nitrogens with one attached hydrogen (secondary N) is 2. The second kappa shape index (κ2) is 9.29. The summed E-state index contributed by atoms with van der Waals surface area (Å²) >= 11 is 2.54. The summed E-state index contributed by atoms with van der Waals surface area (Å²) in [6.07, 6.45) is 0. The second-order valence-electron chi connectivity index (χ2n) is 5.75. The highest BCUT2D eigenvalue weighted by molar-refractivity contribution is 8.01. The van der Waals surface area contributed by atoms with Crippen molar-refractivity contribution in [3.63, 3.8) is 0 Å². The van der Waals surface area contributed by atoms with Gasteiger partial charge >= 0.3 is 0 Å². The molecule has 1 aromatic heterocycles. The number of aryl methyl sites for hydroxylation is 1. The van der Waals surface area contributed by atoms with Gasteiger partial charge in [-0.15, -0.1) is 10.2 Å². The van der Waals surface area contributed by atoms with E-state index in [0.717, 1.165) is 11.1 Å². The van der Waals surface area contributed by atoms with Crippen LogP contribution in [0.4, 0.5) is 5.13 Å². The van der Waals surface area contributed by atoms with Gasteiger partial charge in [0.05, 0.1) is 5.75 Å². The summed E-state index contributed by atoms with van der Waals surface area (Å²) in [7, 11) is 0. The van der Waals surface area contributed by atoms with Gasteiger partial charge in [-0.2, -0.15) is 0 Å². The third-order valence-corrected chi connectivity index (χ3v) is 5.54. The molecule has 2 aromatic carbocycles. The lowest BCUT2D eigenvalue weighted by atomic mass is 10.1. The standard InChI is InChI=1S/C19H18N4O2S2/c1-13-6-5-9-15(10-13)17(25)21-18-22-23-19(27-18)26-12-16(24)20-11-14-7-3-2-4-8-14/h2-10H,11-12H2,1H3,(H,20,24)(H,21,22,25). The van der Waals surface area contributed by atoms with Crippen molar-refractivity contribution >= 4 is 40.0 Å². The van der Waals surface area contributed by atoms with E-state index in [2.05, 4.69) is 20.8 Å². The minimum atomic E-state index is -0.230. The maximum atomic E-state index is 12.2. The van der Waals surface area contributed by atoms with Crippen LogP contribution >= 0.6 is 23.1 Å². The number of amides is 2. The van der Waals surface area contributed by atoms with Crippen LogP contribution in [-0.2, 0) is 11.3 Å². The number of hydrogen-bond acceptors (Lipinski definition) is 6. The fourth-order valence-corrected chi connectivity index (χ4v) is 3.83. The van der Waals surface area contributed by atoms with Gasteiger partial charge in [0.1, 0.15) is 0 Å². The van der Waals surface area contributed by atoms with E-state index < -0.39 is 0 Å². The van der Waals surface area contributed by atoms with Crippen molar-refractivity contribution in [2.45, 2.75) is 17.8 Å². The van der Waals surface area contributed by atoms with E-state index in [0.29, 0.717) is 21.6 Å². The van der Waals surface area contributed by atoms with Crippen LogP contribution in [-0.4, -0.2) is 27.8 Å². The van der Waals surface area contributed by atoms with E-state index in [1.54, 1.807) is 6.07 Å². The number of carbonyl (C=O) groups excluding carboxylic acids is 2. The fraction of sp³-hybridized carbons (Fsp3) is 0.158. The van der Waals surface area contributed by atoms with Crippen molar-refractivity contribution in [1.29, 1.82) is 0 Å². The molecule has 0 saturated carbocycles. The average Bonchev–Trinajstić information content (AvgIpc) is 3.13. The third-order valence-electron chi connectivity index (χ3n) is 3.57. The van der Waals surface area contributed by atoms with Crippen molar-refractivity contribution in [1.82, 2.24) is 15.5 Å². The molecule has 0 bridgehead atoms. The Kier molecular flexibility index (Phi) is 6.56. The highest BCUT2D eigenvalue weighted by Crippen LogP contribution is 2.25. The zero-order valence-corrected chi connectivity index (χ0v) is 16.3. The van der Waals surface area contributed by atoms with Crippen molar-refractivity contribution in [3.8, 4) is 0 Å². The molecule has 0 spiro atoms. The fourth-order valence-electron chi connectivity index (χ4n) is 2.25. The Morgan fingerprint density at radius 1 is 1.07 bits per heavy atom. The minimum absolute atomic E-state index is 0.0793. The van der Waals surface area contributed by atoms with Crippen molar-refractivity contribution in [3.05, 3.63) is 71.3 Å². The number of hydrogen-bond donors (Lipinski definition) is 2. The van der Waals surface area contributed by atoms with E-state index in [1.807, 2.05) is 55.5 Å². The zero-order chi connectivity index (χ0) is 19.1. The normalized spacial score (nSPS) is 10.4. The van der Waals surface area contributed by atoms with Gasteiger partial charge in [0.25, 0.3) is 5.91 Å². The topological polar surface area (TPSA) is 84.0 Å². The molecule has 138 valence electrons. The van der Waals surface area contributed by atoms with Crippen LogP contribution in [0.5, 0.6) is 0 Å². The highest BCUT2D eigenvalue weighted by Gasteiger charge is 2.12. The van der Waals surface area contributed by atoms with E-state index in [4.69, 9.17) is 0 Å². The molecule has 0 fully saturated rings. The van der Waals surface area contributed by atoms with Gasteiger partial charge in [-0.3, -0.25) is 14.9 Å². The lowest BCUT2D eigenvalue weighted by Gasteiger charge is -2.03. The van der Waals surface area contributed by atoms with Crippen LogP contribution < -0.4 is 10.6 Å². The molecule has 0 aliphatic heterocycles. The summed E-state index contributed by atoms with van der Waals surface area (Å²) in [5.74, 6) is -0.0655. The number of benzene rings is 2. The van der Waals surface area contributed by atoms with Gasteiger partial charge < -0.3 is 5.32 Å². The van der Waals surface area contributed by atoms with Crippen LogP contribution in [0.25, 0.3) is 0 Å². The molecule has 6 nitrogen and oxygen atoms in total. The van der Waals surface area contributed by atoms with Crippen LogP contribution in [0.15, 0.2) is 58.9 Å². The number of nitrogens with zero attached hydrogens (tertiary/aromatic N) is 2. The van der Waals surface area contributed by atoms with Crippen molar-refractivity contribution in [2.24, 2.45) is 0 Å². The molecule has 2 N–H and O–H groups in total. The maximum Gasteiger partial charge on any atom is 0.257 e. The predicted molar refractivity (Wildman–Crippen MR) is 108 cm³/mol. The number of anilines is 1. The summed E-state index contributed by atoms with van der Waals surface area (Å²) < 4.78 is 0.629. The lowest BCUT2D eigenvalue weighted by Crippen LogP contribution is -2.24. The van der Waals surface area contributed by atoms with Gasteiger partial charge in [0, 0.05) is 12.1 Å². The van der Waals surface area contributed by atoms with Gasteiger partial charge in [0.15, 0.2) is 4.34 Å². The van der Waals surface area contributed by atoms with Gasteiger partial charge in [-0.1, -0.05) is 71.1 Å². The van der Waals surface area contributed by atoms with Crippen molar-refractivity contribution < 1.29 is 9.59 Å². The minimum Gasteiger partial charge on any atom is -0.351 e. The molecular weight excluding hydrogens is 380 g/mol. The predicted octanol–water partition coefficient (Wildman–Crippen LogP) is 3.51. The summed E-state index contributed by atoms with van der Waals surface area (Å²) in [4.78, 5) is 24.2. The van der Waals surface area contributed by atoms with Crippen LogP contribution in [0, 0.1) is 6.92 Å². The second-order valence-corrected chi connectivity index (χ2v) is 7.95. The number of aromatic nitrogens is 2. The molecule has 2 amide bonds. The third kappa shape index (κ3) is 5.90. The molecule has 0 saturated heterocycles. The quantitative estimate of drug-likeness (QED) is 0.470. The Morgan fingerprint density at radius 2 is 1.89 bits per heavy atom. The van der Waals surface area contributed by atoms with Crippen LogP contribution in [0.1, 0.15) is 21.5 Å². The molecule has 8 heteroatoms. The monoisotopic (exact) mass is 398 g/mol. The summed E-state index contributed by atoms with van der Waals surface area (Å²) in [6, 6.07) is 17.0. The molecule has 0 unspecified atom stereocenters. The van der Waals surface area contributed by atoms with Crippen LogP contribution in [0.2, 0.25) is 0 Å². The number of thioether (sulfide) groups is 1. The van der Waals surface area contributed by atoms with E-state index >= 15 is 0 Å². The first kappa shape index (κ1) is 19.1. The van der Waals surface area contributed by atoms with Gasteiger partial charge in [-0.05, 0) is 24.6 Å². The first-order valence-corrected chi connectivity index (χ1v) is 10.1. The van der Waals surface area contributed by atoms with E-state index in [1.165, 1.54) is 23.1 Å². The molecule has 27 heavy (non-hydrogen) atoms. The Labute approximate surface area is 165 Å². The van der Waals surface area contributed by atoms with Crippen molar-refractivity contribution in [2.75, 3.05) is 11.1 Å². The summed E-state index contributed by atoms with van der Waals surface area (Å²) in [6.45, 7) is 2.42. The Morgan fingerprint density at radius 3 is 2.67 bits per heavy atom. The lowest BCUT2D eigenvalue weighted by molar-refractivity contribution is -0.118. The molecule has 3 aromatic rings. The average molecular weight is 399 g/mol. The Bertz CT molecular complexity index is 928. The molecule has 0 atom stereocenters. The molecule has 0 aliphatic rings. The Balaban J connectivity index is 1.46. The van der Waals surface area contributed by atoms with Crippen LogP contribution in [0.3, 0.4) is 0 Å². The molecule has 0 radical (unpaired) electrons.